The number of benzene rings is 1. The van der Waals surface area contributed by atoms with Crippen LogP contribution in [0.3, 0.4) is 0 Å². The van der Waals surface area contributed by atoms with Crippen LogP contribution in [0, 0.1) is 5.82 Å². The summed E-state index contributed by atoms with van der Waals surface area (Å²) in [6.07, 6.45) is 9.64. The van der Waals surface area contributed by atoms with Gasteiger partial charge in [0.25, 0.3) is 10.0 Å². The zero-order valence-corrected chi connectivity index (χ0v) is 24.1. The summed E-state index contributed by atoms with van der Waals surface area (Å²) in [5.74, 6) is -0.167. The molecule has 0 unspecified atom stereocenters. The topological polar surface area (TPSA) is 108 Å². The molecule has 0 spiro atoms. The van der Waals surface area contributed by atoms with Crippen LogP contribution in [0.5, 0.6) is 5.88 Å². The second-order valence-electron chi connectivity index (χ2n) is 9.36. The minimum atomic E-state index is -4.17. The summed E-state index contributed by atoms with van der Waals surface area (Å²) in [5.41, 5.74) is 1.49. The Bertz CT molecular complexity index is 1370. The molecule has 0 bridgehead atoms. The van der Waals surface area contributed by atoms with E-state index in [0.717, 1.165) is 37.3 Å². The van der Waals surface area contributed by atoms with E-state index < -0.39 is 20.9 Å². The molecule has 1 heterocycles. The molecule has 0 atom stereocenters. The molecular weight excluding hydrogens is 543 g/mol. The molecule has 0 radical (unpaired) electrons. The summed E-state index contributed by atoms with van der Waals surface area (Å²) in [5, 5.41) is 2.61. The van der Waals surface area contributed by atoms with Gasteiger partial charge in [0.2, 0.25) is 11.8 Å². The van der Waals surface area contributed by atoms with Crippen molar-refractivity contribution >= 4 is 46.2 Å². The lowest BCUT2D eigenvalue weighted by molar-refractivity contribution is 0.217. The third kappa shape index (κ3) is 8.35. The number of aliphatic imine (C=N–C) groups is 2. The van der Waals surface area contributed by atoms with Gasteiger partial charge in [0, 0.05) is 17.8 Å². The van der Waals surface area contributed by atoms with Crippen molar-refractivity contribution in [3.05, 3.63) is 64.6 Å². The molecule has 1 saturated carbocycles. The van der Waals surface area contributed by atoms with Gasteiger partial charge in [-0.3, -0.25) is 4.72 Å². The Morgan fingerprint density at radius 1 is 1.23 bits per heavy atom. The van der Waals surface area contributed by atoms with Crippen LogP contribution in [0.15, 0.2) is 63.1 Å². The first kappa shape index (κ1) is 30.3. The van der Waals surface area contributed by atoms with E-state index in [4.69, 9.17) is 21.3 Å². The highest BCUT2D eigenvalue weighted by Crippen LogP contribution is 2.27. The first-order valence-corrected chi connectivity index (χ1v) is 14.2. The van der Waals surface area contributed by atoms with Gasteiger partial charge in [-0.2, -0.15) is 4.98 Å². The quantitative estimate of drug-likeness (QED) is 0.244. The Hall–Kier alpha value is -3.28. The Labute approximate surface area is 234 Å². The number of nitrogens with one attached hydrogen (secondary N) is 2. The average Bonchev–Trinajstić information content (AvgIpc) is 2.91. The van der Waals surface area contributed by atoms with Gasteiger partial charge >= 0.3 is 0 Å². The zero-order valence-electron chi connectivity index (χ0n) is 22.5. The van der Waals surface area contributed by atoms with Crippen LogP contribution in [0.2, 0.25) is 5.02 Å². The van der Waals surface area contributed by atoms with Gasteiger partial charge in [0.1, 0.15) is 16.5 Å². The molecule has 3 rings (SSSR count). The SMILES string of the molecule is C=NC(=NC1CCC(N(C)C)CC1)N/C=C(C)/C=C/c1ccc(NS(=O)(=O)c2cccc(F)c2Cl)nc1OC. The number of methoxy groups -OCH3 is 1. The van der Waals surface area contributed by atoms with E-state index in [-0.39, 0.29) is 22.6 Å². The Morgan fingerprint density at radius 2 is 1.95 bits per heavy atom. The van der Waals surface area contributed by atoms with Gasteiger partial charge in [-0.15, -0.1) is 0 Å². The molecule has 2 aromatic rings. The van der Waals surface area contributed by atoms with E-state index in [1.807, 2.05) is 13.0 Å². The highest BCUT2D eigenvalue weighted by Gasteiger charge is 2.23. The zero-order chi connectivity index (χ0) is 28.6. The number of aromatic nitrogens is 1. The van der Waals surface area contributed by atoms with Gasteiger partial charge in [-0.25, -0.2) is 22.8 Å². The van der Waals surface area contributed by atoms with Crippen LogP contribution in [0.1, 0.15) is 38.2 Å². The third-order valence-electron chi connectivity index (χ3n) is 6.33. The number of guanidine groups is 1. The first-order valence-electron chi connectivity index (χ1n) is 12.4. The number of halogens is 2. The van der Waals surface area contributed by atoms with Crippen LogP contribution < -0.4 is 14.8 Å². The van der Waals surface area contributed by atoms with E-state index in [2.05, 4.69) is 45.7 Å². The molecule has 39 heavy (non-hydrogen) atoms. The summed E-state index contributed by atoms with van der Waals surface area (Å²) >= 11 is 5.84. The second-order valence-corrected chi connectivity index (χ2v) is 11.4. The van der Waals surface area contributed by atoms with Crippen molar-refractivity contribution in [1.29, 1.82) is 0 Å². The predicted octanol–water partition coefficient (Wildman–Crippen LogP) is 5.12. The fourth-order valence-electron chi connectivity index (χ4n) is 4.13. The normalized spacial score (nSPS) is 18.8. The second kappa shape index (κ2) is 13.7. The maximum absolute atomic E-state index is 13.7. The molecular formula is C27H34ClFN6O3S. The number of rotatable bonds is 9. The molecule has 1 aliphatic carbocycles. The molecule has 12 heteroatoms. The molecule has 9 nitrogen and oxygen atoms in total. The smallest absolute Gasteiger partial charge is 0.264 e. The van der Waals surface area contributed by atoms with E-state index in [9.17, 15) is 12.8 Å². The number of sulfonamides is 1. The summed E-state index contributed by atoms with van der Waals surface area (Å²) in [6, 6.07) is 7.50. The van der Waals surface area contributed by atoms with Crippen molar-refractivity contribution in [1.82, 2.24) is 15.2 Å². The maximum Gasteiger partial charge on any atom is 0.264 e. The van der Waals surface area contributed by atoms with E-state index in [1.165, 1.54) is 25.3 Å². The maximum atomic E-state index is 13.7. The summed E-state index contributed by atoms with van der Waals surface area (Å²) in [4.78, 5) is 14.8. The van der Waals surface area contributed by atoms with Crippen molar-refractivity contribution in [2.24, 2.45) is 9.98 Å². The Morgan fingerprint density at radius 3 is 2.59 bits per heavy atom. The number of anilines is 1. The largest absolute Gasteiger partial charge is 0.481 e. The molecule has 1 aromatic heterocycles. The highest BCUT2D eigenvalue weighted by atomic mass is 35.5. The van der Waals surface area contributed by atoms with E-state index >= 15 is 0 Å². The predicted molar refractivity (Wildman–Crippen MR) is 156 cm³/mol. The fraction of sp³-hybridized carbons (Fsp3) is 0.370. The number of allylic oxidation sites excluding steroid dienone is 2. The standard InChI is InChI=1S/C27H34ClFN6O3S/c1-18(17-31-27(30-2)32-20-12-14-21(15-13-20)35(3)4)9-10-19-11-16-24(33-26(19)38-5)34-39(36,37)23-8-6-7-22(29)25(23)28/h6-11,16-17,20-21H,2,12-15H2,1,3-5H3,(H,31,32)(H,33,34)/b10-9+,18-17+. The summed E-state index contributed by atoms with van der Waals surface area (Å²) < 4.78 is 46.8. The molecule has 1 aromatic carbocycles. The minimum Gasteiger partial charge on any atom is -0.481 e. The van der Waals surface area contributed by atoms with Gasteiger partial charge in [0.15, 0.2) is 0 Å². The van der Waals surface area contributed by atoms with Gasteiger partial charge in [-0.1, -0.05) is 23.7 Å². The monoisotopic (exact) mass is 576 g/mol. The van der Waals surface area contributed by atoms with Crippen molar-refractivity contribution in [2.45, 2.75) is 49.6 Å². The number of hydrogen-bond donors (Lipinski definition) is 2. The van der Waals surface area contributed by atoms with Crippen LogP contribution >= 0.6 is 11.6 Å². The van der Waals surface area contributed by atoms with Crippen molar-refractivity contribution in [2.75, 3.05) is 25.9 Å². The third-order valence-corrected chi connectivity index (χ3v) is 8.23. The number of nitrogens with zero attached hydrogens (tertiary/aromatic N) is 4. The fourth-order valence-corrected chi connectivity index (χ4v) is 5.65. The minimum absolute atomic E-state index is 0.00390. The van der Waals surface area contributed by atoms with Crippen LogP contribution in [-0.4, -0.2) is 64.3 Å². The number of pyridine rings is 1. The highest BCUT2D eigenvalue weighted by molar-refractivity contribution is 7.92. The molecule has 0 saturated heterocycles. The summed E-state index contributed by atoms with van der Waals surface area (Å²) in [6.45, 7) is 5.53. The Kier molecular flexibility index (Phi) is 10.6. The van der Waals surface area contributed by atoms with Crippen LogP contribution in [0.4, 0.5) is 10.2 Å². The average molecular weight is 577 g/mol. The lowest BCUT2D eigenvalue weighted by Crippen LogP contribution is -2.33. The van der Waals surface area contributed by atoms with Gasteiger partial charge < -0.3 is 15.0 Å². The lowest BCUT2D eigenvalue weighted by atomic mass is 9.91. The number of hydrogen-bond acceptors (Lipinski definition) is 6. The molecule has 1 fully saturated rings. The number of ether oxygens (including phenoxy) is 1. The lowest BCUT2D eigenvalue weighted by Gasteiger charge is -2.31. The first-order chi connectivity index (χ1) is 18.5. The molecule has 210 valence electrons. The van der Waals surface area contributed by atoms with Gasteiger partial charge in [-0.05, 0) is 89.3 Å². The van der Waals surface area contributed by atoms with Crippen molar-refractivity contribution in [3.8, 4) is 5.88 Å². The Balaban J connectivity index is 1.66. The molecule has 1 aliphatic rings. The molecule has 2 N–H and O–H groups in total. The van der Waals surface area contributed by atoms with Crippen molar-refractivity contribution < 1.29 is 17.5 Å². The van der Waals surface area contributed by atoms with E-state index in [1.54, 1.807) is 18.3 Å². The van der Waals surface area contributed by atoms with Crippen molar-refractivity contribution in [3.63, 3.8) is 0 Å². The summed E-state index contributed by atoms with van der Waals surface area (Å²) in [7, 11) is 1.48. The van der Waals surface area contributed by atoms with Crippen LogP contribution in [0.25, 0.3) is 6.08 Å². The van der Waals surface area contributed by atoms with E-state index in [0.29, 0.717) is 17.6 Å². The molecule has 0 aliphatic heterocycles. The molecule has 0 amide bonds. The van der Waals surface area contributed by atoms with Gasteiger partial charge in [0.05, 0.1) is 18.2 Å². The van der Waals surface area contributed by atoms with Crippen LogP contribution in [-0.2, 0) is 10.0 Å².